The van der Waals surface area contributed by atoms with Gasteiger partial charge in [0.1, 0.15) is 11.8 Å². The van der Waals surface area contributed by atoms with Crippen molar-refractivity contribution >= 4 is 11.8 Å². The molecular weight excluding hydrogens is 420 g/mol. The number of hydrogen-bond acceptors (Lipinski definition) is 6. The highest BCUT2D eigenvalue weighted by Gasteiger charge is 2.27. The van der Waals surface area contributed by atoms with Crippen molar-refractivity contribution in [3.63, 3.8) is 0 Å². The molecule has 1 aliphatic rings. The van der Waals surface area contributed by atoms with E-state index in [9.17, 15) is 9.59 Å². The number of pyridine rings is 2. The third-order valence-corrected chi connectivity index (χ3v) is 5.54. The Balaban J connectivity index is 1.42. The van der Waals surface area contributed by atoms with Crippen molar-refractivity contribution in [2.45, 2.75) is 12.7 Å². The Labute approximate surface area is 192 Å². The molecule has 0 radical (unpaired) electrons. The van der Waals surface area contributed by atoms with Gasteiger partial charge in [-0.05, 0) is 29.8 Å². The molecule has 1 aromatic carbocycles. The van der Waals surface area contributed by atoms with Gasteiger partial charge in [0.05, 0.1) is 25.5 Å². The number of nitrogens with one attached hydrogen (secondary N) is 1. The Morgan fingerprint density at radius 1 is 1.06 bits per heavy atom. The molecule has 3 aromatic rings. The smallest absolute Gasteiger partial charge is 0.269 e. The van der Waals surface area contributed by atoms with Gasteiger partial charge in [-0.2, -0.15) is 0 Å². The molecule has 0 bridgehead atoms. The molecule has 1 N–H and O–H groups in total. The fourth-order valence-electron chi connectivity index (χ4n) is 3.70. The number of hydrogen-bond donors (Lipinski definition) is 1. The quantitative estimate of drug-likeness (QED) is 0.626. The summed E-state index contributed by atoms with van der Waals surface area (Å²) in [6.45, 7) is 1.94. The summed E-state index contributed by atoms with van der Waals surface area (Å²) in [7, 11) is 3.22. The Morgan fingerprint density at radius 2 is 1.79 bits per heavy atom. The Kier molecular flexibility index (Phi) is 7.07. The topological polar surface area (TPSA) is 93.7 Å². The van der Waals surface area contributed by atoms with Gasteiger partial charge in [-0.15, -0.1) is 0 Å². The molecule has 0 aliphatic carbocycles. The lowest BCUT2D eigenvalue weighted by molar-refractivity contribution is -0.0247. The Hall–Kier alpha value is -3.62. The van der Waals surface area contributed by atoms with Gasteiger partial charge in [0.25, 0.3) is 11.8 Å². The fourth-order valence-corrected chi connectivity index (χ4v) is 3.70. The first kappa shape index (κ1) is 22.6. The molecule has 1 fully saturated rings. The first-order chi connectivity index (χ1) is 16.1. The van der Waals surface area contributed by atoms with E-state index in [1.54, 1.807) is 37.5 Å². The van der Waals surface area contributed by atoms with E-state index >= 15 is 0 Å². The summed E-state index contributed by atoms with van der Waals surface area (Å²) in [6.07, 6.45) is 3.11. The lowest BCUT2D eigenvalue weighted by atomic mass is 10.1. The van der Waals surface area contributed by atoms with Gasteiger partial charge in [0, 0.05) is 49.8 Å². The van der Waals surface area contributed by atoms with Crippen LogP contribution in [0.15, 0.2) is 60.9 Å². The molecule has 170 valence electrons. The predicted molar refractivity (Wildman–Crippen MR) is 123 cm³/mol. The summed E-state index contributed by atoms with van der Waals surface area (Å²) < 4.78 is 11.0. The number of carbonyl (C=O) groups is 2. The highest BCUT2D eigenvalue weighted by molar-refractivity contribution is 5.94. The van der Waals surface area contributed by atoms with Crippen LogP contribution < -0.4 is 5.32 Å². The van der Waals surface area contributed by atoms with Crippen LogP contribution in [0.25, 0.3) is 11.1 Å². The average Bonchev–Trinajstić information content (AvgIpc) is 2.89. The van der Waals surface area contributed by atoms with E-state index in [0.717, 1.165) is 22.4 Å². The molecule has 1 saturated heterocycles. The van der Waals surface area contributed by atoms with Crippen molar-refractivity contribution in [2.24, 2.45) is 0 Å². The summed E-state index contributed by atoms with van der Waals surface area (Å²) in [5.74, 6) is -0.249. The monoisotopic (exact) mass is 446 g/mol. The molecule has 2 amide bonds. The van der Waals surface area contributed by atoms with Crippen LogP contribution in [-0.2, 0) is 16.1 Å². The molecule has 2 aromatic heterocycles. The maximum Gasteiger partial charge on any atom is 0.269 e. The zero-order valence-electron chi connectivity index (χ0n) is 18.7. The third kappa shape index (κ3) is 5.24. The Morgan fingerprint density at radius 3 is 2.39 bits per heavy atom. The van der Waals surface area contributed by atoms with Gasteiger partial charge >= 0.3 is 0 Å². The number of benzene rings is 1. The molecule has 0 spiro atoms. The highest BCUT2D eigenvalue weighted by Crippen LogP contribution is 2.25. The maximum absolute atomic E-state index is 13.0. The molecule has 0 saturated carbocycles. The number of aromatic nitrogens is 2. The van der Waals surface area contributed by atoms with E-state index in [4.69, 9.17) is 9.47 Å². The lowest BCUT2D eigenvalue weighted by Crippen LogP contribution is -2.42. The van der Waals surface area contributed by atoms with Gasteiger partial charge in [0.15, 0.2) is 0 Å². The number of nitrogens with zero attached hydrogens (tertiary/aromatic N) is 3. The fraction of sp³-hybridized carbons (Fsp3) is 0.280. The largest absolute Gasteiger partial charge is 0.380 e. The minimum Gasteiger partial charge on any atom is -0.380 e. The maximum atomic E-state index is 13.0. The summed E-state index contributed by atoms with van der Waals surface area (Å²) in [5, 5.41) is 2.55. The first-order valence-electron chi connectivity index (χ1n) is 10.7. The summed E-state index contributed by atoms with van der Waals surface area (Å²) >= 11 is 0. The van der Waals surface area contributed by atoms with Gasteiger partial charge in [0.2, 0.25) is 0 Å². The van der Waals surface area contributed by atoms with Crippen LogP contribution in [0.5, 0.6) is 0 Å². The molecule has 1 unspecified atom stereocenters. The van der Waals surface area contributed by atoms with Crippen LogP contribution in [0.4, 0.5) is 0 Å². The molecule has 3 heterocycles. The average molecular weight is 447 g/mol. The second kappa shape index (κ2) is 10.3. The number of carbonyl (C=O) groups excluding carboxylic acids is 2. The van der Waals surface area contributed by atoms with Crippen LogP contribution in [0, 0.1) is 0 Å². The van der Waals surface area contributed by atoms with Gasteiger partial charge in [-0.3, -0.25) is 19.6 Å². The third-order valence-electron chi connectivity index (χ3n) is 5.54. The van der Waals surface area contributed by atoms with Gasteiger partial charge in [-0.1, -0.05) is 24.3 Å². The number of rotatable bonds is 6. The van der Waals surface area contributed by atoms with Crippen LogP contribution in [0.2, 0.25) is 0 Å². The summed E-state index contributed by atoms with van der Waals surface area (Å²) in [4.78, 5) is 35.2. The highest BCUT2D eigenvalue weighted by atomic mass is 16.5. The van der Waals surface area contributed by atoms with Crippen molar-refractivity contribution in [1.29, 1.82) is 0 Å². The van der Waals surface area contributed by atoms with Crippen LogP contribution >= 0.6 is 0 Å². The van der Waals surface area contributed by atoms with Crippen LogP contribution in [0.3, 0.4) is 0 Å². The van der Waals surface area contributed by atoms with E-state index in [1.165, 1.54) is 0 Å². The minimum atomic E-state index is -0.293. The molecular formula is C25H26N4O4. The van der Waals surface area contributed by atoms with Crippen molar-refractivity contribution in [1.82, 2.24) is 20.2 Å². The van der Waals surface area contributed by atoms with Crippen molar-refractivity contribution in [3.8, 4) is 11.1 Å². The normalized spacial score (nSPS) is 15.8. The number of morpholine rings is 1. The van der Waals surface area contributed by atoms with E-state index < -0.39 is 0 Å². The van der Waals surface area contributed by atoms with Gasteiger partial charge in [-0.25, -0.2) is 0 Å². The molecule has 33 heavy (non-hydrogen) atoms. The van der Waals surface area contributed by atoms with Crippen molar-refractivity contribution in [2.75, 3.05) is 33.9 Å². The molecule has 8 heteroatoms. The van der Waals surface area contributed by atoms with E-state index in [0.29, 0.717) is 37.6 Å². The molecule has 1 atom stereocenters. The van der Waals surface area contributed by atoms with Gasteiger partial charge < -0.3 is 19.7 Å². The Bertz CT molecular complexity index is 1100. The number of ether oxygens (including phenoxy) is 2. The van der Waals surface area contributed by atoms with E-state index in [2.05, 4.69) is 15.3 Å². The van der Waals surface area contributed by atoms with E-state index in [1.807, 2.05) is 42.5 Å². The lowest BCUT2D eigenvalue weighted by Gasteiger charge is -2.32. The number of methoxy groups -OCH3 is 1. The summed E-state index contributed by atoms with van der Waals surface area (Å²) in [6, 6.07) is 14.8. The first-order valence-corrected chi connectivity index (χ1v) is 10.7. The van der Waals surface area contributed by atoms with Crippen LogP contribution in [-0.4, -0.2) is 60.5 Å². The van der Waals surface area contributed by atoms with E-state index in [-0.39, 0.29) is 17.9 Å². The summed E-state index contributed by atoms with van der Waals surface area (Å²) in [5.41, 5.74) is 4.54. The number of amides is 2. The van der Waals surface area contributed by atoms with Crippen molar-refractivity contribution in [3.05, 3.63) is 83.4 Å². The SMILES string of the molecule is CNC(=O)c1ccc(-c2ccc(C3CN(C(=O)c4ccc(COC)cc4)CCO3)nc2)cn1. The standard InChI is InChI=1S/C25H26N4O4/c1-26-24(30)22-10-8-20(14-28-22)19-7-9-21(27-13-19)23-15-29(11-12-33-23)25(31)18-5-3-17(4-6-18)16-32-2/h3-10,13-14,23H,11-12,15-16H2,1-2H3,(H,26,30). The van der Waals surface area contributed by atoms with Crippen LogP contribution in [0.1, 0.15) is 38.2 Å². The second-order valence-corrected chi connectivity index (χ2v) is 7.72. The predicted octanol–water partition coefficient (Wildman–Crippen LogP) is 2.86. The second-order valence-electron chi connectivity index (χ2n) is 7.72. The molecule has 8 nitrogen and oxygen atoms in total. The zero-order valence-corrected chi connectivity index (χ0v) is 18.7. The zero-order chi connectivity index (χ0) is 23.2. The molecule has 4 rings (SSSR count). The van der Waals surface area contributed by atoms with Crippen molar-refractivity contribution < 1.29 is 19.1 Å². The minimum absolute atomic E-state index is 0.0221. The molecule has 1 aliphatic heterocycles.